The van der Waals surface area contributed by atoms with Crippen molar-refractivity contribution >= 4 is 18.0 Å². The molecule has 0 spiro atoms. The molecule has 9 heteroatoms. The molecule has 0 unspecified atom stereocenters. The second kappa shape index (κ2) is 13.3. The van der Waals surface area contributed by atoms with E-state index in [0.29, 0.717) is 18.6 Å². The van der Waals surface area contributed by atoms with Gasteiger partial charge in [-0.2, -0.15) is 0 Å². The van der Waals surface area contributed by atoms with Crippen LogP contribution in [-0.4, -0.2) is 67.8 Å². The third-order valence-corrected chi connectivity index (χ3v) is 5.02. The van der Waals surface area contributed by atoms with Gasteiger partial charge < -0.3 is 29.0 Å². The molecular formula is C25H37NO8. The molecule has 1 heterocycles. The van der Waals surface area contributed by atoms with Crippen molar-refractivity contribution in [3.05, 3.63) is 35.9 Å². The van der Waals surface area contributed by atoms with Crippen LogP contribution in [0.5, 0.6) is 0 Å². The molecule has 1 saturated heterocycles. The Morgan fingerprint density at radius 2 is 1.88 bits per heavy atom. The van der Waals surface area contributed by atoms with Gasteiger partial charge in [0.2, 0.25) is 0 Å². The summed E-state index contributed by atoms with van der Waals surface area (Å²) in [6, 6.07) is 7.51. The lowest BCUT2D eigenvalue weighted by Gasteiger charge is -2.33. The number of benzene rings is 1. The van der Waals surface area contributed by atoms with Crippen molar-refractivity contribution in [2.24, 2.45) is 0 Å². The normalized spacial score (nSPS) is 24.0. The summed E-state index contributed by atoms with van der Waals surface area (Å²) in [6.45, 7) is 9.50. The number of cyclic esters (lactones) is 1. The molecule has 1 amide bonds. The molecule has 34 heavy (non-hydrogen) atoms. The van der Waals surface area contributed by atoms with E-state index in [9.17, 15) is 14.4 Å². The standard InChI is InChI=1S/C25H37NO8/c1-6-7-14-31-20-13-15-30-16-19(26-24(29)34-25(3,4)5)23(28)32-17(2)21(20)33-22(27)18-11-9-8-10-12-18/h8-12,17,19-21H,6-7,13-16H2,1-5H3,(H,26,29)/t17-,19-,20-,21-/m0/s1. The van der Waals surface area contributed by atoms with Gasteiger partial charge in [0.15, 0.2) is 12.1 Å². The van der Waals surface area contributed by atoms with Gasteiger partial charge in [-0.1, -0.05) is 31.5 Å². The zero-order valence-electron chi connectivity index (χ0n) is 20.7. The van der Waals surface area contributed by atoms with E-state index >= 15 is 0 Å². The SMILES string of the molecule is CCCCO[C@H]1CCOC[C@H](NC(=O)OC(C)(C)C)C(=O)O[C@@H](C)[C@@H]1OC(=O)c1ccccc1. The quantitative estimate of drug-likeness (QED) is 0.359. The van der Waals surface area contributed by atoms with Gasteiger partial charge in [-0.3, -0.25) is 0 Å². The fraction of sp³-hybridized carbons (Fsp3) is 0.640. The van der Waals surface area contributed by atoms with Crippen molar-refractivity contribution in [1.29, 1.82) is 0 Å². The molecule has 0 bridgehead atoms. The number of amides is 1. The van der Waals surface area contributed by atoms with Crippen LogP contribution in [0.2, 0.25) is 0 Å². The minimum Gasteiger partial charge on any atom is -0.457 e. The second-order valence-electron chi connectivity index (χ2n) is 9.20. The van der Waals surface area contributed by atoms with E-state index in [2.05, 4.69) is 12.2 Å². The van der Waals surface area contributed by atoms with Crippen molar-refractivity contribution in [2.45, 2.75) is 83.8 Å². The molecular weight excluding hydrogens is 442 g/mol. The Hall–Kier alpha value is -2.65. The topological polar surface area (TPSA) is 109 Å². The number of unbranched alkanes of at least 4 members (excludes halogenated alkanes) is 1. The van der Waals surface area contributed by atoms with Crippen LogP contribution in [0, 0.1) is 0 Å². The van der Waals surface area contributed by atoms with E-state index in [1.165, 1.54) is 0 Å². The summed E-state index contributed by atoms with van der Waals surface area (Å²) in [7, 11) is 0. The Morgan fingerprint density at radius 1 is 1.18 bits per heavy atom. The molecule has 190 valence electrons. The lowest BCUT2D eigenvalue weighted by Crippen LogP contribution is -2.51. The maximum absolute atomic E-state index is 12.9. The molecule has 1 N–H and O–H groups in total. The lowest BCUT2D eigenvalue weighted by atomic mass is 10.0. The molecule has 0 radical (unpaired) electrons. The largest absolute Gasteiger partial charge is 0.457 e. The third kappa shape index (κ3) is 9.30. The summed E-state index contributed by atoms with van der Waals surface area (Å²) in [5.74, 6) is -1.26. The molecule has 1 aromatic rings. The minimum atomic E-state index is -1.07. The van der Waals surface area contributed by atoms with E-state index in [-0.39, 0.29) is 13.2 Å². The second-order valence-corrected chi connectivity index (χ2v) is 9.20. The van der Waals surface area contributed by atoms with Crippen LogP contribution in [0.15, 0.2) is 30.3 Å². The summed E-state index contributed by atoms with van der Waals surface area (Å²) in [5.41, 5.74) is -0.344. The van der Waals surface area contributed by atoms with Crippen LogP contribution in [0.25, 0.3) is 0 Å². The number of ether oxygens (including phenoxy) is 5. The van der Waals surface area contributed by atoms with Crippen LogP contribution < -0.4 is 5.32 Å². The van der Waals surface area contributed by atoms with E-state index in [4.69, 9.17) is 23.7 Å². The zero-order chi connectivity index (χ0) is 25.1. The van der Waals surface area contributed by atoms with E-state index in [1.807, 2.05) is 0 Å². The number of hydrogen-bond acceptors (Lipinski definition) is 8. The Balaban J connectivity index is 2.17. The van der Waals surface area contributed by atoms with E-state index < -0.39 is 48.0 Å². The molecule has 2 rings (SSSR count). The highest BCUT2D eigenvalue weighted by atomic mass is 16.6. The summed E-state index contributed by atoms with van der Waals surface area (Å²) in [4.78, 5) is 37.8. The van der Waals surface area contributed by atoms with Crippen LogP contribution in [0.1, 0.15) is 64.2 Å². The highest BCUT2D eigenvalue weighted by Crippen LogP contribution is 2.20. The Labute approximate surface area is 201 Å². The van der Waals surface area contributed by atoms with Crippen LogP contribution in [0.3, 0.4) is 0 Å². The molecule has 0 saturated carbocycles. The van der Waals surface area contributed by atoms with Gasteiger partial charge in [-0.15, -0.1) is 0 Å². The first-order chi connectivity index (χ1) is 16.1. The number of alkyl carbamates (subject to hydrolysis) is 1. The van der Waals surface area contributed by atoms with Crippen molar-refractivity contribution in [2.75, 3.05) is 19.8 Å². The smallest absolute Gasteiger partial charge is 0.408 e. The van der Waals surface area contributed by atoms with Gasteiger partial charge in [0.05, 0.1) is 12.2 Å². The van der Waals surface area contributed by atoms with Gasteiger partial charge >= 0.3 is 18.0 Å². The molecule has 4 atom stereocenters. The number of carbonyl (C=O) groups excluding carboxylic acids is 3. The van der Waals surface area contributed by atoms with Crippen molar-refractivity contribution in [3.63, 3.8) is 0 Å². The number of carbonyl (C=O) groups is 3. The van der Waals surface area contributed by atoms with Gasteiger partial charge in [-0.25, -0.2) is 14.4 Å². The first-order valence-electron chi connectivity index (χ1n) is 11.8. The van der Waals surface area contributed by atoms with Gasteiger partial charge in [0, 0.05) is 19.6 Å². The van der Waals surface area contributed by atoms with Crippen LogP contribution in [0.4, 0.5) is 4.79 Å². The fourth-order valence-electron chi connectivity index (χ4n) is 3.31. The van der Waals surface area contributed by atoms with Gasteiger partial charge in [0.25, 0.3) is 0 Å². The van der Waals surface area contributed by atoms with E-state index in [1.54, 1.807) is 58.0 Å². The Bertz CT molecular complexity index is 792. The highest BCUT2D eigenvalue weighted by molar-refractivity contribution is 5.89. The average molecular weight is 480 g/mol. The predicted molar refractivity (Wildman–Crippen MR) is 124 cm³/mol. The Morgan fingerprint density at radius 3 is 2.53 bits per heavy atom. The molecule has 1 aliphatic rings. The number of nitrogens with one attached hydrogen (secondary N) is 1. The summed E-state index contributed by atoms with van der Waals surface area (Å²) < 4.78 is 28.3. The lowest BCUT2D eigenvalue weighted by molar-refractivity contribution is -0.169. The molecule has 0 aromatic heterocycles. The van der Waals surface area contributed by atoms with Gasteiger partial charge in [-0.05, 0) is 46.2 Å². The predicted octanol–water partition coefficient (Wildman–Crippen LogP) is 3.64. The van der Waals surface area contributed by atoms with Crippen LogP contribution >= 0.6 is 0 Å². The third-order valence-electron chi connectivity index (χ3n) is 5.02. The Kier molecular flexibility index (Phi) is 10.8. The van der Waals surface area contributed by atoms with Gasteiger partial charge in [0.1, 0.15) is 17.8 Å². The first-order valence-corrected chi connectivity index (χ1v) is 11.8. The summed E-state index contributed by atoms with van der Waals surface area (Å²) in [6.07, 6.45) is -0.775. The highest BCUT2D eigenvalue weighted by Gasteiger charge is 2.37. The number of rotatable bonds is 7. The molecule has 1 fully saturated rings. The van der Waals surface area contributed by atoms with E-state index in [0.717, 1.165) is 12.8 Å². The number of hydrogen-bond donors (Lipinski definition) is 1. The molecule has 0 aliphatic carbocycles. The first kappa shape index (κ1) is 27.6. The number of esters is 2. The minimum absolute atomic E-state index is 0.0824. The van der Waals surface area contributed by atoms with Crippen LogP contribution in [-0.2, 0) is 28.5 Å². The molecule has 9 nitrogen and oxygen atoms in total. The van der Waals surface area contributed by atoms with Crippen molar-refractivity contribution in [1.82, 2.24) is 5.32 Å². The maximum Gasteiger partial charge on any atom is 0.408 e. The summed E-state index contributed by atoms with van der Waals surface area (Å²) in [5, 5.41) is 2.50. The maximum atomic E-state index is 12.9. The van der Waals surface area contributed by atoms with Crippen molar-refractivity contribution in [3.8, 4) is 0 Å². The molecule has 1 aromatic carbocycles. The monoisotopic (exact) mass is 479 g/mol. The zero-order valence-corrected chi connectivity index (χ0v) is 20.7. The summed E-state index contributed by atoms with van der Waals surface area (Å²) >= 11 is 0. The molecule has 1 aliphatic heterocycles. The average Bonchev–Trinajstić information content (AvgIpc) is 2.77. The van der Waals surface area contributed by atoms with Crippen molar-refractivity contribution < 1.29 is 38.1 Å². The fourth-order valence-corrected chi connectivity index (χ4v) is 3.31.